The van der Waals surface area contributed by atoms with Gasteiger partial charge in [-0.1, -0.05) is 72.8 Å². The second-order valence-electron chi connectivity index (χ2n) is 9.05. The summed E-state index contributed by atoms with van der Waals surface area (Å²) in [6.45, 7) is -0.162. The lowest BCUT2D eigenvalue weighted by Crippen LogP contribution is -2.43. The van der Waals surface area contributed by atoms with Gasteiger partial charge in [0.1, 0.15) is 11.9 Å². The molecule has 2 atom stereocenters. The number of carbonyl (C=O) groups is 2. The van der Waals surface area contributed by atoms with Crippen molar-refractivity contribution < 1.29 is 27.5 Å². The Morgan fingerprint density at radius 1 is 0.917 bits per heavy atom. The number of amides is 1. The van der Waals surface area contributed by atoms with Crippen molar-refractivity contribution in [3.8, 4) is 0 Å². The average molecular weight is 510 g/mol. The van der Waals surface area contributed by atoms with Crippen LogP contribution in [0.5, 0.6) is 0 Å². The highest BCUT2D eigenvalue weighted by atomic mass is 32.2. The predicted octanol–water partition coefficient (Wildman–Crippen LogP) is 4.06. The molecule has 0 radical (unpaired) electrons. The molecule has 1 aliphatic rings. The Kier molecular flexibility index (Phi) is 7.84. The number of carboxylic acid groups (broad SMARTS) is 1. The van der Waals surface area contributed by atoms with Crippen LogP contribution in [0.1, 0.15) is 35.4 Å². The van der Waals surface area contributed by atoms with Crippen LogP contribution in [0.3, 0.4) is 0 Å². The maximum absolute atomic E-state index is 13.8. The molecule has 2 unspecified atom stereocenters. The van der Waals surface area contributed by atoms with E-state index in [0.29, 0.717) is 24.0 Å². The molecule has 4 rings (SSSR count). The smallest absolute Gasteiger partial charge is 0.326 e. The average Bonchev–Trinajstić information content (AvgIpc) is 3.34. The minimum Gasteiger partial charge on any atom is -0.480 e. The molecule has 36 heavy (non-hydrogen) atoms. The summed E-state index contributed by atoms with van der Waals surface area (Å²) in [5, 5.41) is 8.91. The Morgan fingerprint density at radius 2 is 1.47 bits per heavy atom. The molecule has 8 heteroatoms. The lowest BCUT2D eigenvalue weighted by molar-refractivity contribution is -0.148. The van der Waals surface area contributed by atoms with Gasteiger partial charge in [0, 0.05) is 6.54 Å². The van der Waals surface area contributed by atoms with Crippen molar-refractivity contribution in [2.45, 2.75) is 36.5 Å². The Labute approximate surface area is 210 Å². The fourth-order valence-electron chi connectivity index (χ4n) is 4.76. The molecule has 3 aromatic carbocycles. The van der Waals surface area contributed by atoms with E-state index in [1.54, 1.807) is 12.1 Å². The lowest BCUT2D eigenvalue weighted by atomic mass is 9.90. The highest BCUT2D eigenvalue weighted by molar-refractivity contribution is 7.92. The van der Waals surface area contributed by atoms with Crippen molar-refractivity contribution in [3.05, 3.63) is 107 Å². The van der Waals surface area contributed by atoms with Gasteiger partial charge in [0.05, 0.1) is 16.9 Å². The number of halogens is 1. The molecule has 0 bridgehead atoms. The van der Waals surface area contributed by atoms with Crippen molar-refractivity contribution in [3.63, 3.8) is 0 Å². The van der Waals surface area contributed by atoms with Gasteiger partial charge >= 0.3 is 5.97 Å². The van der Waals surface area contributed by atoms with Crippen molar-refractivity contribution in [1.29, 1.82) is 0 Å². The van der Waals surface area contributed by atoms with Gasteiger partial charge in [-0.3, -0.25) is 4.79 Å². The normalized spacial score (nSPS) is 17.9. The Morgan fingerprint density at radius 3 is 2.00 bits per heavy atom. The van der Waals surface area contributed by atoms with Crippen LogP contribution in [0.2, 0.25) is 0 Å². The van der Waals surface area contributed by atoms with Crippen molar-refractivity contribution >= 4 is 21.7 Å². The minimum absolute atomic E-state index is 0.135. The van der Waals surface area contributed by atoms with Crippen molar-refractivity contribution in [2.75, 3.05) is 12.3 Å². The first-order valence-electron chi connectivity index (χ1n) is 11.9. The summed E-state index contributed by atoms with van der Waals surface area (Å²) in [5.41, 5.74) is 2.25. The Hall–Kier alpha value is -3.52. The number of rotatable bonds is 9. The molecule has 1 saturated heterocycles. The van der Waals surface area contributed by atoms with Gasteiger partial charge in [-0.25, -0.2) is 17.6 Å². The summed E-state index contributed by atoms with van der Waals surface area (Å²) in [5.74, 6) is -2.87. The predicted molar refractivity (Wildman–Crippen MR) is 135 cm³/mol. The second kappa shape index (κ2) is 11.0. The van der Waals surface area contributed by atoms with E-state index in [0.717, 1.165) is 5.56 Å². The van der Waals surface area contributed by atoms with Gasteiger partial charge in [-0.15, -0.1) is 0 Å². The molecule has 6 nitrogen and oxygen atoms in total. The van der Waals surface area contributed by atoms with E-state index in [1.165, 1.54) is 17.0 Å². The first-order valence-corrected chi connectivity index (χ1v) is 13.6. The number of sulfone groups is 1. The third-order valence-electron chi connectivity index (χ3n) is 6.66. The largest absolute Gasteiger partial charge is 0.480 e. The van der Waals surface area contributed by atoms with E-state index >= 15 is 0 Å². The van der Waals surface area contributed by atoms with Crippen LogP contribution in [0.15, 0.2) is 84.9 Å². The zero-order chi connectivity index (χ0) is 25.7. The molecule has 1 aliphatic heterocycles. The number of nitrogens with zero attached hydrogens (tertiary/aromatic N) is 1. The maximum atomic E-state index is 13.8. The molecule has 1 fully saturated rings. The fourth-order valence-corrected chi connectivity index (χ4v) is 6.51. The molecule has 0 saturated carbocycles. The zero-order valence-electron chi connectivity index (χ0n) is 19.7. The van der Waals surface area contributed by atoms with E-state index in [1.807, 2.05) is 60.7 Å². The number of likely N-dealkylation sites (tertiary alicyclic amines) is 1. The molecule has 0 aromatic heterocycles. The summed E-state index contributed by atoms with van der Waals surface area (Å²) in [6.07, 6.45) is 0.643. The first-order chi connectivity index (χ1) is 17.3. The standard InChI is InChI=1S/C28H28FNO5S/c29-23-15-13-20(14-16-23)8-7-17-36(34,35)24-18-25(28(32)33)30(19-24)27(31)26(21-9-3-1-4-10-21)22-11-5-2-6-12-22/h1-6,9-16,24-26H,7-8,17-19H2,(H,32,33). The summed E-state index contributed by atoms with van der Waals surface area (Å²) >= 11 is 0. The Balaban J connectivity index is 1.53. The summed E-state index contributed by atoms with van der Waals surface area (Å²) in [4.78, 5) is 27.1. The minimum atomic E-state index is -3.66. The summed E-state index contributed by atoms with van der Waals surface area (Å²) in [6, 6.07) is 22.8. The molecule has 1 amide bonds. The van der Waals surface area contributed by atoms with Crippen molar-refractivity contribution in [2.24, 2.45) is 0 Å². The third-order valence-corrected chi connectivity index (χ3v) is 8.87. The first kappa shape index (κ1) is 25.6. The number of hydrogen-bond acceptors (Lipinski definition) is 4. The monoisotopic (exact) mass is 509 g/mol. The molecule has 0 spiro atoms. The lowest BCUT2D eigenvalue weighted by Gasteiger charge is -2.27. The highest BCUT2D eigenvalue weighted by Gasteiger charge is 2.46. The zero-order valence-corrected chi connectivity index (χ0v) is 20.5. The van der Waals surface area contributed by atoms with E-state index in [-0.39, 0.29) is 24.5 Å². The number of carboxylic acids is 1. The second-order valence-corrected chi connectivity index (χ2v) is 11.5. The van der Waals surface area contributed by atoms with Crippen LogP contribution in [-0.4, -0.2) is 53.9 Å². The van der Waals surface area contributed by atoms with Gasteiger partial charge in [0.15, 0.2) is 9.84 Å². The van der Waals surface area contributed by atoms with Gasteiger partial charge in [0.25, 0.3) is 0 Å². The molecular weight excluding hydrogens is 481 g/mol. The Bertz CT molecular complexity index is 1260. The number of aryl methyl sites for hydroxylation is 1. The van der Waals surface area contributed by atoms with Crippen LogP contribution >= 0.6 is 0 Å². The molecular formula is C28H28FNO5S. The van der Waals surface area contributed by atoms with Gasteiger partial charge in [0.2, 0.25) is 5.91 Å². The third kappa shape index (κ3) is 5.82. The maximum Gasteiger partial charge on any atom is 0.326 e. The molecule has 188 valence electrons. The molecule has 0 aliphatic carbocycles. The summed E-state index contributed by atoms with van der Waals surface area (Å²) in [7, 11) is -3.66. The van der Waals surface area contributed by atoms with E-state index in [9.17, 15) is 27.5 Å². The van der Waals surface area contributed by atoms with Crippen LogP contribution in [0.25, 0.3) is 0 Å². The van der Waals surface area contributed by atoms with E-state index < -0.39 is 38.9 Å². The number of hydrogen-bond donors (Lipinski definition) is 1. The van der Waals surface area contributed by atoms with Crippen LogP contribution < -0.4 is 0 Å². The highest BCUT2D eigenvalue weighted by Crippen LogP contribution is 2.32. The molecule has 1 heterocycles. The quantitative estimate of drug-likeness (QED) is 0.470. The fraction of sp³-hybridized carbons (Fsp3) is 0.286. The SMILES string of the molecule is O=C(O)C1CC(S(=O)(=O)CCCc2ccc(F)cc2)CN1C(=O)C(c1ccccc1)c1ccccc1. The van der Waals surface area contributed by atoms with Crippen LogP contribution in [0.4, 0.5) is 4.39 Å². The summed E-state index contributed by atoms with van der Waals surface area (Å²) < 4.78 is 39.4. The van der Waals surface area contributed by atoms with Gasteiger partial charge in [-0.2, -0.15) is 0 Å². The molecule has 3 aromatic rings. The van der Waals surface area contributed by atoms with Crippen LogP contribution in [0, 0.1) is 5.82 Å². The van der Waals surface area contributed by atoms with E-state index in [2.05, 4.69) is 0 Å². The molecule has 1 N–H and O–H groups in total. The van der Waals surface area contributed by atoms with E-state index in [4.69, 9.17) is 0 Å². The number of carbonyl (C=O) groups excluding carboxylic acids is 1. The topological polar surface area (TPSA) is 91.8 Å². The van der Waals surface area contributed by atoms with Gasteiger partial charge in [-0.05, 0) is 48.1 Å². The number of benzene rings is 3. The number of aliphatic carboxylic acids is 1. The van der Waals surface area contributed by atoms with Gasteiger partial charge < -0.3 is 10.0 Å². The van der Waals surface area contributed by atoms with Crippen LogP contribution in [-0.2, 0) is 25.8 Å². The van der Waals surface area contributed by atoms with Crippen molar-refractivity contribution in [1.82, 2.24) is 4.90 Å².